The predicted octanol–water partition coefficient (Wildman–Crippen LogP) is 3.22. The molecule has 0 saturated carbocycles. The highest BCUT2D eigenvalue weighted by molar-refractivity contribution is 5.84. The van der Waals surface area contributed by atoms with Crippen LogP contribution in [0.5, 0.6) is 11.6 Å². The van der Waals surface area contributed by atoms with E-state index in [0.29, 0.717) is 17.2 Å². The monoisotopic (exact) mass is 266 g/mol. The van der Waals surface area contributed by atoms with Gasteiger partial charge in [0.15, 0.2) is 5.75 Å². The van der Waals surface area contributed by atoms with E-state index in [1.165, 1.54) is 0 Å². The molecule has 0 atom stereocenters. The van der Waals surface area contributed by atoms with Crippen LogP contribution in [0.2, 0.25) is 0 Å². The van der Waals surface area contributed by atoms with E-state index in [1.807, 2.05) is 37.3 Å². The summed E-state index contributed by atoms with van der Waals surface area (Å²) in [7, 11) is 0. The van der Waals surface area contributed by atoms with Crippen LogP contribution in [0.15, 0.2) is 48.7 Å². The van der Waals surface area contributed by atoms with Crippen LogP contribution in [0.4, 0.5) is 0 Å². The van der Waals surface area contributed by atoms with Gasteiger partial charge < -0.3 is 9.84 Å². The summed E-state index contributed by atoms with van der Waals surface area (Å²) in [6.07, 6.45) is 1.64. The topological polar surface area (TPSA) is 55.2 Å². The van der Waals surface area contributed by atoms with Crippen molar-refractivity contribution in [3.8, 4) is 11.6 Å². The first kappa shape index (κ1) is 12.6. The third kappa shape index (κ3) is 2.33. The highest BCUT2D eigenvalue weighted by atomic mass is 16.5. The van der Waals surface area contributed by atoms with Crippen LogP contribution in [0.1, 0.15) is 11.3 Å². The van der Waals surface area contributed by atoms with E-state index >= 15 is 0 Å². The molecule has 0 aliphatic heterocycles. The molecule has 3 rings (SSSR count). The first-order valence-corrected chi connectivity index (χ1v) is 6.37. The quantitative estimate of drug-likeness (QED) is 0.790. The zero-order chi connectivity index (χ0) is 13.9. The van der Waals surface area contributed by atoms with Gasteiger partial charge in [-0.3, -0.25) is 0 Å². The van der Waals surface area contributed by atoms with E-state index < -0.39 is 0 Å². The number of ether oxygens (including phenoxy) is 1. The van der Waals surface area contributed by atoms with Crippen LogP contribution < -0.4 is 4.74 Å². The van der Waals surface area contributed by atoms with Gasteiger partial charge in [-0.15, -0.1) is 0 Å². The largest absolute Gasteiger partial charge is 0.436 e. The van der Waals surface area contributed by atoms with Crippen molar-refractivity contribution in [3.63, 3.8) is 0 Å². The molecule has 1 aromatic carbocycles. The lowest BCUT2D eigenvalue weighted by molar-refractivity contribution is 0.275. The van der Waals surface area contributed by atoms with E-state index in [9.17, 15) is 5.11 Å². The van der Waals surface area contributed by atoms with Crippen molar-refractivity contribution in [1.82, 2.24) is 9.97 Å². The van der Waals surface area contributed by atoms with Crippen LogP contribution >= 0.6 is 0 Å². The van der Waals surface area contributed by atoms with E-state index in [-0.39, 0.29) is 6.61 Å². The van der Waals surface area contributed by atoms with Gasteiger partial charge in [0, 0.05) is 22.8 Å². The number of aromatic nitrogens is 2. The zero-order valence-electron chi connectivity index (χ0n) is 11.1. The molecule has 1 N–H and O–H groups in total. The number of hydrogen-bond acceptors (Lipinski definition) is 4. The molecule has 2 aromatic heterocycles. The molecule has 0 aliphatic rings. The van der Waals surface area contributed by atoms with E-state index in [1.54, 1.807) is 18.3 Å². The van der Waals surface area contributed by atoms with Gasteiger partial charge in [-0.25, -0.2) is 9.97 Å². The lowest BCUT2D eigenvalue weighted by atomic mass is 10.2. The van der Waals surface area contributed by atoms with Crippen molar-refractivity contribution >= 4 is 10.9 Å². The molecular formula is C16H14N2O2. The Bertz CT molecular complexity index is 756. The van der Waals surface area contributed by atoms with Crippen LogP contribution in [0, 0.1) is 6.92 Å². The smallest absolute Gasteiger partial charge is 0.224 e. The van der Waals surface area contributed by atoms with Gasteiger partial charge >= 0.3 is 0 Å². The van der Waals surface area contributed by atoms with Gasteiger partial charge in [0.2, 0.25) is 5.88 Å². The summed E-state index contributed by atoms with van der Waals surface area (Å²) in [4.78, 5) is 8.68. The highest BCUT2D eigenvalue weighted by Crippen LogP contribution is 2.29. The molecule has 0 fully saturated rings. The molecule has 4 nitrogen and oxygen atoms in total. The average Bonchev–Trinajstić information content (AvgIpc) is 2.48. The fourth-order valence-electron chi connectivity index (χ4n) is 2.04. The zero-order valence-corrected chi connectivity index (χ0v) is 11.1. The summed E-state index contributed by atoms with van der Waals surface area (Å²) >= 11 is 0. The third-order valence-electron chi connectivity index (χ3n) is 3.05. The second-order valence-electron chi connectivity index (χ2n) is 4.51. The lowest BCUT2D eigenvalue weighted by Gasteiger charge is -2.10. The molecule has 3 aromatic rings. The minimum Gasteiger partial charge on any atom is -0.436 e. The van der Waals surface area contributed by atoms with E-state index in [4.69, 9.17) is 4.74 Å². The summed E-state index contributed by atoms with van der Waals surface area (Å²) in [6.45, 7) is 1.83. The van der Waals surface area contributed by atoms with Gasteiger partial charge in [-0.2, -0.15) is 0 Å². The molecule has 0 unspecified atom stereocenters. The van der Waals surface area contributed by atoms with Gasteiger partial charge in [-0.05, 0) is 31.2 Å². The molecule has 0 saturated heterocycles. The maximum Gasteiger partial charge on any atom is 0.224 e. The fraction of sp³-hybridized carbons (Fsp3) is 0.125. The highest BCUT2D eigenvalue weighted by Gasteiger charge is 2.09. The standard InChI is InChI=1S/C16H14N2O2/c1-11-7-8-12-4-2-6-14(15(12)18-11)20-16-13(10-19)5-3-9-17-16/h2-9,19H,10H2,1H3. The second kappa shape index (κ2) is 5.27. The molecule has 0 amide bonds. The van der Waals surface area contributed by atoms with Gasteiger partial charge in [-0.1, -0.05) is 18.2 Å². The summed E-state index contributed by atoms with van der Waals surface area (Å²) in [5, 5.41) is 10.3. The van der Waals surface area contributed by atoms with Crippen molar-refractivity contribution < 1.29 is 9.84 Å². The minimum absolute atomic E-state index is 0.111. The number of hydrogen-bond donors (Lipinski definition) is 1. The number of aliphatic hydroxyl groups excluding tert-OH is 1. The number of nitrogens with zero attached hydrogens (tertiary/aromatic N) is 2. The van der Waals surface area contributed by atoms with E-state index in [0.717, 1.165) is 16.6 Å². The molecule has 20 heavy (non-hydrogen) atoms. The van der Waals surface area contributed by atoms with Crippen LogP contribution in [-0.2, 0) is 6.61 Å². The number of aliphatic hydroxyl groups is 1. The molecule has 4 heteroatoms. The number of rotatable bonds is 3. The normalized spacial score (nSPS) is 10.7. The first-order valence-electron chi connectivity index (χ1n) is 6.37. The minimum atomic E-state index is -0.111. The average molecular weight is 266 g/mol. The molecular weight excluding hydrogens is 252 g/mol. The SMILES string of the molecule is Cc1ccc2cccc(Oc3ncccc3CO)c2n1. The molecule has 0 bridgehead atoms. The number of aryl methyl sites for hydroxylation is 1. The third-order valence-corrected chi connectivity index (χ3v) is 3.05. The van der Waals surface area contributed by atoms with Crippen molar-refractivity contribution in [1.29, 1.82) is 0 Å². The Morgan fingerprint density at radius 3 is 2.85 bits per heavy atom. The van der Waals surface area contributed by atoms with Gasteiger partial charge in [0.1, 0.15) is 5.52 Å². The number of benzene rings is 1. The number of pyridine rings is 2. The Balaban J connectivity index is 2.08. The van der Waals surface area contributed by atoms with Crippen molar-refractivity contribution in [2.45, 2.75) is 13.5 Å². The van der Waals surface area contributed by atoms with E-state index in [2.05, 4.69) is 9.97 Å². The van der Waals surface area contributed by atoms with Crippen LogP contribution in [0.25, 0.3) is 10.9 Å². The summed E-state index contributed by atoms with van der Waals surface area (Å²) in [5.74, 6) is 1.05. The van der Waals surface area contributed by atoms with Crippen molar-refractivity contribution in [3.05, 3.63) is 59.9 Å². The van der Waals surface area contributed by atoms with Crippen molar-refractivity contribution in [2.75, 3.05) is 0 Å². The molecule has 2 heterocycles. The summed E-state index contributed by atoms with van der Waals surface area (Å²) < 4.78 is 5.84. The Kier molecular flexibility index (Phi) is 3.31. The van der Waals surface area contributed by atoms with Gasteiger partial charge in [0.25, 0.3) is 0 Å². The van der Waals surface area contributed by atoms with Crippen molar-refractivity contribution in [2.24, 2.45) is 0 Å². The second-order valence-corrected chi connectivity index (χ2v) is 4.51. The Morgan fingerprint density at radius 1 is 1.10 bits per heavy atom. The maximum absolute atomic E-state index is 9.32. The first-order chi connectivity index (χ1) is 9.78. The number of para-hydroxylation sites is 1. The van der Waals surface area contributed by atoms with Gasteiger partial charge in [0.05, 0.1) is 6.61 Å². The van der Waals surface area contributed by atoms with Crippen LogP contribution in [-0.4, -0.2) is 15.1 Å². The summed E-state index contributed by atoms with van der Waals surface area (Å²) in [5.41, 5.74) is 2.37. The molecule has 0 aliphatic carbocycles. The lowest BCUT2D eigenvalue weighted by Crippen LogP contribution is -1.96. The molecule has 100 valence electrons. The Hall–Kier alpha value is -2.46. The number of fused-ring (bicyclic) bond motifs is 1. The summed E-state index contributed by atoms with van der Waals surface area (Å²) in [6, 6.07) is 13.3. The Morgan fingerprint density at radius 2 is 2.00 bits per heavy atom. The molecule has 0 radical (unpaired) electrons. The Labute approximate surface area is 116 Å². The molecule has 0 spiro atoms. The predicted molar refractivity (Wildman–Crippen MR) is 76.7 cm³/mol. The van der Waals surface area contributed by atoms with Crippen LogP contribution in [0.3, 0.4) is 0 Å². The maximum atomic E-state index is 9.32. The fourth-order valence-corrected chi connectivity index (χ4v) is 2.04.